The van der Waals surface area contributed by atoms with Gasteiger partial charge in [0.05, 0.1) is 0 Å². The fourth-order valence-electron chi connectivity index (χ4n) is 1.75. The largest absolute Gasteiger partial charge is 0.289 e. The minimum absolute atomic E-state index is 0.0996. The number of carbonyl (C=O) groups excluding carboxylic acids is 1. The fraction of sp³-hybridized carbons (Fsp3) is 0.133. The van der Waals surface area contributed by atoms with E-state index in [4.69, 9.17) is 0 Å². The molecule has 17 heavy (non-hydrogen) atoms. The summed E-state index contributed by atoms with van der Waals surface area (Å²) < 4.78 is 1.14. The number of aryl methyl sites for hydroxylation is 1. The monoisotopic (exact) mass is 336 g/mol. The van der Waals surface area contributed by atoms with Gasteiger partial charge in [-0.15, -0.1) is 0 Å². The predicted molar refractivity (Wildman–Crippen MR) is 78.5 cm³/mol. The summed E-state index contributed by atoms with van der Waals surface area (Å²) in [7, 11) is 0. The van der Waals surface area contributed by atoms with Crippen LogP contribution in [-0.4, -0.2) is 5.78 Å². The van der Waals surface area contributed by atoms with Crippen LogP contribution in [0.15, 0.2) is 42.5 Å². The second-order valence-corrected chi connectivity index (χ2v) is 5.33. The highest BCUT2D eigenvalue weighted by atomic mass is 127. The molecule has 0 heterocycles. The van der Waals surface area contributed by atoms with Gasteiger partial charge in [0.15, 0.2) is 5.78 Å². The summed E-state index contributed by atoms with van der Waals surface area (Å²) in [5, 5.41) is 0. The average molecular weight is 336 g/mol. The van der Waals surface area contributed by atoms with Gasteiger partial charge >= 0.3 is 0 Å². The molecule has 2 rings (SSSR count). The summed E-state index contributed by atoms with van der Waals surface area (Å²) in [6.45, 7) is 4.02. The molecule has 0 unspecified atom stereocenters. The summed E-state index contributed by atoms with van der Waals surface area (Å²) in [5.74, 6) is 0.0996. The molecule has 0 aromatic heterocycles. The first-order chi connectivity index (χ1) is 8.09. The molecular formula is C15H13IO. The minimum atomic E-state index is 0.0996. The van der Waals surface area contributed by atoms with Crippen molar-refractivity contribution in [2.75, 3.05) is 0 Å². The summed E-state index contributed by atoms with van der Waals surface area (Å²) >= 11 is 2.24. The van der Waals surface area contributed by atoms with Crippen molar-refractivity contribution >= 4 is 28.4 Å². The maximum atomic E-state index is 12.3. The number of carbonyl (C=O) groups is 1. The first-order valence-electron chi connectivity index (χ1n) is 5.46. The van der Waals surface area contributed by atoms with Crippen LogP contribution in [0.1, 0.15) is 27.0 Å². The van der Waals surface area contributed by atoms with E-state index < -0.39 is 0 Å². The van der Waals surface area contributed by atoms with Crippen molar-refractivity contribution in [2.45, 2.75) is 13.8 Å². The quantitative estimate of drug-likeness (QED) is 0.595. The van der Waals surface area contributed by atoms with E-state index in [2.05, 4.69) is 22.6 Å². The highest BCUT2D eigenvalue weighted by Gasteiger charge is 2.12. The first-order valence-corrected chi connectivity index (χ1v) is 6.54. The molecule has 0 aliphatic heterocycles. The van der Waals surface area contributed by atoms with Gasteiger partial charge in [0.25, 0.3) is 0 Å². The maximum Gasteiger partial charge on any atom is 0.193 e. The number of hydrogen-bond donors (Lipinski definition) is 0. The number of rotatable bonds is 2. The molecule has 2 aromatic carbocycles. The molecule has 0 aliphatic carbocycles. The van der Waals surface area contributed by atoms with E-state index in [0.717, 1.165) is 25.8 Å². The lowest BCUT2D eigenvalue weighted by Crippen LogP contribution is -2.04. The molecule has 0 saturated carbocycles. The smallest absolute Gasteiger partial charge is 0.193 e. The standard InChI is InChI=1S/C15H13IO/c1-10-4-3-5-14(11(10)2)15(17)12-6-8-13(16)9-7-12/h3-9H,1-2H3. The van der Waals surface area contributed by atoms with Gasteiger partial charge < -0.3 is 0 Å². The third kappa shape index (κ3) is 2.57. The predicted octanol–water partition coefficient (Wildman–Crippen LogP) is 4.14. The Morgan fingerprint density at radius 3 is 2.29 bits per heavy atom. The van der Waals surface area contributed by atoms with Crippen LogP contribution >= 0.6 is 22.6 Å². The molecule has 0 spiro atoms. The van der Waals surface area contributed by atoms with Crippen LogP contribution in [0.3, 0.4) is 0 Å². The van der Waals surface area contributed by atoms with Crippen LogP contribution in [-0.2, 0) is 0 Å². The van der Waals surface area contributed by atoms with Gasteiger partial charge in [0.2, 0.25) is 0 Å². The van der Waals surface area contributed by atoms with Gasteiger partial charge in [-0.3, -0.25) is 4.79 Å². The zero-order valence-electron chi connectivity index (χ0n) is 9.83. The van der Waals surface area contributed by atoms with Crippen molar-refractivity contribution in [3.05, 3.63) is 68.3 Å². The van der Waals surface area contributed by atoms with Gasteiger partial charge in [-0.2, -0.15) is 0 Å². The molecule has 2 aromatic rings. The summed E-state index contributed by atoms with van der Waals surface area (Å²) in [6, 6.07) is 13.5. The van der Waals surface area contributed by atoms with Crippen LogP contribution in [0.4, 0.5) is 0 Å². The first kappa shape index (κ1) is 12.3. The highest BCUT2D eigenvalue weighted by Crippen LogP contribution is 2.17. The van der Waals surface area contributed by atoms with E-state index in [1.165, 1.54) is 0 Å². The van der Waals surface area contributed by atoms with Crippen LogP contribution in [0.5, 0.6) is 0 Å². The number of halogens is 1. The van der Waals surface area contributed by atoms with Gasteiger partial charge in [-0.05, 0) is 71.8 Å². The lowest BCUT2D eigenvalue weighted by molar-refractivity contribution is 0.103. The molecule has 0 atom stereocenters. The summed E-state index contributed by atoms with van der Waals surface area (Å²) in [4.78, 5) is 12.3. The number of ketones is 1. The number of benzene rings is 2. The second-order valence-electron chi connectivity index (χ2n) is 4.08. The Bertz CT molecular complexity index is 556. The average Bonchev–Trinajstić information content (AvgIpc) is 2.33. The molecule has 0 radical (unpaired) electrons. The molecule has 0 fully saturated rings. The van der Waals surface area contributed by atoms with Gasteiger partial charge in [0, 0.05) is 14.7 Å². The molecule has 0 bridgehead atoms. The SMILES string of the molecule is Cc1cccc(C(=O)c2ccc(I)cc2)c1C. The molecule has 1 nitrogen and oxygen atoms in total. The van der Waals surface area contributed by atoms with Crippen molar-refractivity contribution in [2.24, 2.45) is 0 Å². The van der Waals surface area contributed by atoms with Crippen molar-refractivity contribution in [3.63, 3.8) is 0 Å². The third-order valence-corrected chi connectivity index (χ3v) is 3.67. The van der Waals surface area contributed by atoms with Crippen LogP contribution in [0, 0.1) is 17.4 Å². The zero-order valence-corrected chi connectivity index (χ0v) is 12.0. The van der Waals surface area contributed by atoms with Crippen molar-refractivity contribution in [1.29, 1.82) is 0 Å². The van der Waals surface area contributed by atoms with Crippen molar-refractivity contribution in [3.8, 4) is 0 Å². The maximum absolute atomic E-state index is 12.3. The van der Waals surface area contributed by atoms with E-state index in [1.807, 2.05) is 56.3 Å². The Morgan fingerprint density at radius 2 is 1.65 bits per heavy atom. The molecule has 0 saturated heterocycles. The fourth-order valence-corrected chi connectivity index (χ4v) is 2.11. The van der Waals surface area contributed by atoms with E-state index in [9.17, 15) is 4.79 Å². The molecule has 2 heteroatoms. The van der Waals surface area contributed by atoms with Crippen LogP contribution in [0.2, 0.25) is 0 Å². The van der Waals surface area contributed by atoms with Crippen molar-refractivity contribution in [1.82, 2.24) is 0 Å². The lowest BCUT2D eigenvalue weighted by atomic mass is 9.96. The molecular weight excluding hydrogens is 323 g/mol. The van der Waals surface area contributed by atoms with E-state index in [1.54, 1.807) is 0 Å². The van der Waals surface area contributed by atoms with E-state index in [-0.39, 0.29) is 5.78 Å². The normalized spacial score (nSPS) is 10.3. The van der Waals surface area contributed by atoms with E-state index in [0.29, 0.717) is 0 Å². The van der Waals surface area contributed by atoms with Gasteiger partial charge in [-0.25, -0.2) is 0 Å². The zero-order chi connectivity index (χ0) is 12.4. The van der Waals surface area contributed by atoms with Gasteiger partial charge in [0.1, 0.15) is 0 Å². The highest BCUT2D eigenvalue weighted by molar-refractivity contribution is 14.1. The molecule has 0 amide bonds. The number of hydrogen-bond acceptors (Lipinski definition) is 1. The summed E-state index contributed by atoms with van der Waals surface area (Å²) in [5.41, 5.74) is 3.77. The van der Waals surface area contributed by atoms with Gasteiger partial charge in [-0.1, -0.05) is 18.2 Å². The third-order valence-electron chi connectivity index (χ3n) is 2.96. The van der Waals surface area contributed by atoms with Crippen LogP contribution in [0.25, 0.3) is 0 Å². The minimum Gasteiger partial charge on any atom is -0.289 e. The Hall–Kier alpha value is -1.16. The summed E-state index contributed by atoms with van der Waals surface area (Å²) in [6.07, 6.45) is 0. The van der Waals surface area contributed by atoms with Crippen LogP contribution < -0.4 is 0 Å². The molecule has 0 aliphatic rings. The Kier molecular flexibility index (Phi) is 3.62. The Labute approximate surface area is 115 Å². The Morgan fingerprint density at radius 1 is 1.00 bits per heavy atom. The van der Waals surface area contributed by atoms with E-state index >= 15 is 0 Å². The second kappa shape index (κ2) is 5.00. The molecule has 0 N–H and O–H groups in total. The van der Waals surface area contributed by atoms with Crippen molar-refractivity contribution < 1.29 is 4.79 Å². The topological polar surface area (TPSA) is 17.1 Å². The molecule has 86 valence electrons. The Balaban J connectivity index is 2.44. The lowest BCUT2D eigenvalue weighted by Gasteiger charge is -2.07.